The Morgan fingerprint density at radius 1 is 1.41 bits per heavy atom. The minimum atomic E-state index is -0.356. The van der Waals surface area contributed by atoms with Crippen LogP contribution in [-0.2, 0) is 4.79 Å². The van der Waals surface area contributed by atoms with Crippen LogP contribution in [-0.4, -0.2) is 18.9 Å². The third-order valence-corrected chi connectivity index (χ3v) is 2.56. The maximum Gasteiger partial charge on any atom is 0.311 e. The van der Waals surface area contributed by atoms with Crippen molar-refractivity contribution < 1.29 is 19.1 Å². The van der Waals surface area contributed by atoms with E-state index in [1.165, 1.54) is 0 Å². The minimum absolute atomic E-state index is 0.271. The van der Waals surface area contributed by atoms with Crippen LogP contribution >= 0.6 is 15.9 Å². The number of benzene rings is 1. The molecule has 17 heavy (non-hydrogen) atoms. The lowest BCUT2D eigenvalue weighted by molar-refractivity contribution is -0.134. The summed E-state index contributed by atoms with van der Waals surface area (Å²) >= 11 is 3.25. The van der Waals surface area contributed by atoms with Gasteiger partial charge in [0.1, 0.15) is 6.29 Å². The highest BCUT2D eigenvalue weighted by Gasteiger charge is 2.14. The van der Waals surface area contributed by atoms with Crippen LogP contribution in [0.3, 0.4) is 0 Å². The molecule has 0 N–H and O–H groups in total. The summed E-state index contributed by atoms with van der Waals surface area (Å²) < 4.78 is 11.0. The summed E-state index contributed by atoms with van der Waals surface area (Å²) in [5, 5.41) is 0. The Morgan fingerprint density at radius 3 is 2.65 bits per heavy atom. The van der Waals surface area contributed by atoms with E-state index in [1.807, 2.05) is 6.92 Å². The molecule has 0 amide bonds. The summed E-state index contributed by atoms with van der Waals surface area (Å²) in [5.74, 6) is 0.334. The second-order valence-electron chi connectivity index (χ2n) is 3.21. The quantitative estimate of drug-likeness (QED) is 0.476. The van der Waals surface area contributed by atoms with E-state index in [0.29, 0.717) is 34.4 Å². The molecule has 0 atom stereocenters. The Balaban J connectivity index is 3.15. The van der Waals surface area contributed by atoms with Gasteiger partial charge in [0.25, 0.3) is 0 Å². The van der Waals surface area contributed by atoms with Gasteiger partial charge >= 0.3 is 5.97 Å². The number of aldehydes is 1. The van der Waals surface area contributed by atoms with Gasteiger partial charge in [0.05, 0.1) is 11.1 Å². The Kier molecular flexibility index (Phi) is 5.15. The molecule has 0 aromatic heterocycles. The van der Waals surface area contributed by atoms with Crippen LogP contribution in [0, 0.1) is 0 Å². The van der Waals surface area contributed by atoms with Crippen molar-refractivity contribution in [2.45, 2.75) is 20.3 Å². The second-order valence-corrected chi connectivity index (χ2v) is 4.06. The molecular weight excluding hydrogens is 288 g/mol. The number of rotatable bonds is 5. The lowest BCUT2D eigenvalue weighted by atomic mass is 10.2. The second kappa shape index (κ2) is 6.39. The van der Waals surface area contributed by atoms with Crippen molar-refractivity contribution in [3.05, 3.63) is 22.2 Å². The van der Waals surface area contributed by atoms with Crippen molar-refractivity contribution in [1.29, 1.82) is 0 Å². The fraction of sp³-hybridized carbons (Fsp3) is 0.333. The zero-order chi connectivity index (χ0) is 12.8. The van der Waals surface area contributed by atoms with Crippen LogP contribution in [0.1, 0.15) is 30.6 Å². The Labute approximate surface area is 108 Å². The normalized spacial score (nSPS) is 9.82. The van der Waals surface area contributed by atoms with Crippen LogP contribution in [0.15, 0.2) is 16.6 Å². The molecule has 92 valence electrons. The standard InChI is InChI=1S/C12H13BrO4/c1-3-11(15)17-12-9(13)5-8(7-14)6-10(12)16-4-2/h5-7H,3-4H2,1-2H3. The van der Waals surface area contributed by atoms with E-state index < -0.39 is 0 Å². The first-order valence-electron chi connectivity index (χ1n) is 5.24. The van der Waals surface area contributed by atoms with Gasteiger partial charge in [0, 0.05) is 12.0 Å². The Hall–Kier alpha value is -1.36. The van der Waals surface area contributed by atoms with Gasteiger partial charge < -0.3 is 9.47 Å². The predicted molar refractivity (Wildman–Crippen MR) is 66.6 cm³/mol. The van der Waals surface area contributed by atoms with E-state index in [-0.39, 0.29) is 12.4 Å². The predicted octanol–water partition coefficient (Wildman–Crippen LogP) is 2.98. The highest BCUT2D eigenvalue weighted by molar-refractivity contribution is 9.10. The van der Waals surface area contributed by atoms with E-state index in [1.54, 1.807) is 19.1 Å². The lowest BCUT2D eigenvalue weighted by Gasteiger charge is -2.12. The van der Waals surface area contributed by atoms with Gasteiger partial charge in [0.2, 0.25) is 0 Å². The summed E-state index contributed by atoms with van der Waals surface area (Å²) in [4.78, 5) is 22.0. The van der Waals surface area contributed by atoms with Crippen molar-refractivity contribution in [2.75, 3.05) is 6.61 Å². The summed E-state index contributed by atoms with van der Waals surface area (Å²) in [6, 6.07) is 3.12. The summed E-state index contributed by atoms with van der Waals surface area (Å²) in [6.07, 6.45) is 0.978. The van der Waals surface area contributed by atoms with Gasteiger partial charge in [0.15, 0.2) is 11.5 Å². The van der Waals surface area contributed by atoms with Crippen molar-refractivity contribution in [3.63, 3.8) is 0 Å². The van der Waals surface area contributed by atoms with E-state index in [9.17, 15) is 9.59 Å². The number of halogens is 1. The summed E-state index contributed by atoms with van der Waals surface area (Å²) in [5.41, 5.74) is 0.455. The molecule has 0 aliphatic heterocycles. The molecule has 0 unspecified atom stereocenters. The fourth-order valence-electron chi connectivity index (χ4n) is 1.20. The highest BCUT2D eigenvalue weighted by atomic mass is 79.9. The van der Waals surface area contributed by atoms with E-state index in [4.69, 9.17) is 9.47 Å². The van der Waals surface area contributed by atoms with Crippen LogP contribution in [0.2, 0.25) is 0 Å². The zero-order valence-corrected chi connectivity index (χ0v) is 11.2. The molecule has 1 rings (SSSR count). The first kappa shape index (κ1) is 13.7. The number of carbonyl (C=O) groups excluding carboxylic acids is 2. The van der Waals surface area contributed by atoms with Crippen LogP contribution in [0.25, 0.3) is 0 Å². The zero-order valence-electron chi connectivity index (χ0n) is 9.66. The molecule has 0 fully saturated rings. The van der Waals surface area contributed by atoms with Crippen LogP contribution in [0.5, 0.6) is 11.5 Å². The van der Waals surface area contributed by atoms with Crippen molar-refractivity contribution in [1.82, 2.24) is 0 Å². The molecule has 0 radical (unpaired) electrons. The van der Waals surface area contributed by atoms with E-state index in [2.05, 4.69) is 15.9 Å². The van der Waals surface area contributed by atoms with Crippen LogP contribution in [0.4, 0.5) is 0 Å². The summed E-state index contributed by atoms with van der Waals surface area (Å²) in [6.45, 7) is 3.94. The maximum atomic E-state index is 11.3. The van der Waals surface area contributed by atoms with Gasteiger partial charge in [-0.05, 0) is 35.0 Å². The largest absolute Gasteiger partial charge is 0.490 e. The topological polar surface area (TPSA) is 52.6 Å². The first-order valence-corrected chi connectivity index (χ1v) is 6.03. The first-order chi connectivity index (χ1) is 8.12. The molecule has 4 nitrogen and oxygen atoms in total. The smallest absolute Gasteiger partial charge is 0.311 e. The van der Waals surface area contributed by atoms with Gasteiger partial charge in [-0.3, -0.25) is 9.59 Å². The third kappa shape index (κ3) is 3.56. The number of hydrogen-bond donors (Lipinski definition) is 0. The molecule has 5 heteroatoms. The van der Waals surface area contributed by atoms with Crippen molar-refractivity contribution >= 4 is 28.2 Å². The SMILES string of the molecule is CCOc1cc(C=O)cc(Br)c1OC(=O)CC. The van der Waals surface area contributed by atoms with E-state index >= 15 is 0 Å². The molecule has 1 aromatic carbocycles. The maximum absolute atomic E-state index is 11.3. The number of carbonyl (C=O) groups is 2. The molecular formula is C12H13BrO4. The van der Waals surface area contributed by atoms with Crippen molar-refractivity contribution in [2.24, 2.45) is 0 Å². The Bertz CT molecular complexity index is 429. The highest BCUT2D eigenvalue weighted by Crippen LogP contribution is 2.36. The van der Waals surface area contributed by atoms with E-state index in [0.717, 1.165) is 0 Å². The van der Waals surface area contributed by atoms with Gasteiger partial charge in [-0.2, -0.15) is 0 Å². The molecule has 0 aliphatic carbocycles. The lowest BCUT2D eigenvalue weighted by Crippen LogP contribution is -2.08. The number of esters is 1. The number of hydrogen-bond acceptors (Lipinski definition) is 4. The fourth-order valence-corrected chi connectivity index (χ4v) is 1.74. The monoisotopic (exact) mass is 300 g/mol. The molecule has 0 bridgehead atoms. The summed E-state index contributed by atoms with van der Waals surface area (Å²) in [7, 11) is 0. The molecule has 0 spiro atoms. The third-order valence-electron chi connectivity index (χ3n) is 1.97. The minimum Gasteiger partial charge on any atom is -0.490 e. The van der Waals surface area contributed by atoms with Crippen LogP contribution < -0.4 is 9.47 Å². The molecule has 0 aliphatic rings. The molecule has 0 saturated heterocycles. The molecule has 0 saturated carbocycles. The molecule has 1 aromatic rings. The van der Waals surface area contributed by atoms with Gasteiger partial charge in [-0.1, -0.05) is 6.92 Å². The Morgan fingerprint density at radius 2 is 2.12 bits per heavy atom. The number of ether oxygens (including phenoxy) is 2. The average Bonchev–Trinajstić information content (AvgIpc) is 2.33. The van der Waals surface area contributed by atoms with Gasteiger partial charge in [-0.15, -0.1) is 0 Å². The average molecular weight is 301 g/mol. The van der Waals surface area contributed by atoms with Crippen molar-refractivity contribution in [3.8, 4) is 11.5 Å². The van der Waals surface area contributed by atoms with Gasteiger partial charge in [-0.25, -0.2) is 0 Å². The molecule has 0 heterocycles.